The van der Waals surface area contributed by atoms with Gasteiger partial charge >= 0.3 is 0 Å². The standard InChI is InChI=1S/C15H25ClN2/c1-4-5-6-9-18(3)14-8-7-13(10-12(2)17)15(16)11-14/h7-8,11-12H,4-6,9-10,17H2,1-3H3. The molecule has 0 bridgehead atoms. The lowest BCUT2D eigenvalue weighted by Gasteiger charge is -2.20. The Labute approximate surface area is 116 Å². The lowest BCUT2D eigenvalue weighted by atomic mass is 10.1. The zero-order chi connectivity index (χ0) is 13.5. The van der Waals surface area contributed by atoms with Gasteiger partial charge in [-0.2, -0.15) is 0 Å². The molecule has 2 nitrogen and oxygen atoms in total. The molecule has 3 heteroatoms. The molecule has 0 aliphatic heterocycles. The van der Waals surface area contributed by atoms with Crippen molar-refractivity contribution in [3.05, 3.63) is 28.8 Å². The zero-order valence-corrected chi connectivity index (χ0v) is 12.5. The first-order chi connectivity index (χ1) is 8.54. The van der Waals surface area contributed by atoms with Gasteiger partial charge < -0.3 is 10.6 Å². The van der Waals surface area contributed by atoms with E-state index in [0.29, 0.717) is 0 Å². The summed E-state index contributed by atoms with van der Waals surface area (Å²) >= 11 is 6.30. The van der Waals surface area contributed by atoms with Crippen molar-refractivity contribution < 1.29 is 0 Å². The largest absolute Gasteiger partial charge is 0.375 e. The van der Waals surface area contributed by atoms with Crippen molar-refractivity contribution in [2.75, 3.05) is 18.5 Å². The number of anilines is 1. The summed E-state index contributed by atoms with van der Waals surface area (Å²) in [5, 5.41) is 0.826. The second-order valence-corrected chi connectivity index (χ2v) is 5.49. The third-order valence-electron chi connectivity index (χ3n) is 3.12. The van der Waals surface area contributed by atoms with E-state index in [2.05, 4.69) is 31.0 Å². The van der Waals surface area contributed by atoms with Crippen LogP contribution in [0.4, 0.5) is 5.69 Å². The maximum absolute atomic E-state index is 6.30. The van der Waals surface area contributed by atoms with E-state index >= 15 is 0 Å². The first kappa shape index (κ1) is 15.3. The second kappa shape index (κ2) is 7.65. The molecule has 0 saturated carbocycles. The van der Waals surface area contributed by atoms with Crippen LogP contribution in [0.15, 0.2) is 18.2 Å². The lowest BCUT2D eigenvalue weighted by molar-refractivity contribution is 0.705. The molecule has 102 valence electrons. The summed E-state index contributed by atoms with van der Waals surface area (Å²) in [5.74, 6) is 0. The number of hydrogen-bond acceptors (Lipinski definition) is 2. The fraction of sp³-hybridized carbons (Fsp3) is 0.600. The van der Waals surface area contributed by atoms with Crippen molar-refractivity contribution in [1.82, 2.24) is 0 Å². The molecule has 0 saturated heterocycles. The highest BCUT2D eigenvalue weighted by Gasteiger charge is 2.07. The number of nitrogens with two attached hydrogens (primary N) is 1. The Morgan fingerprint density at radius 2 is 2.06 bits per heavy atom. The molecule has 0 spiro atoms. The van der Waals surface area contributed by atoms with E-state index in [0.717, 1.165) is 23.6 Å². The minimum Gasteiger partial charge on any atom is -0.375 e. The monoisotopic (exact) mass is 268 g/mol. The van der Waals surface area contributed by atoms with Crippen LogP contribution in [0.2, 0.25) is 5.02 Å². The summed E-state index contributed by atoms with van der Waals surface area (Å²) in [6.07, 6.45) is 4.59. The molecule has 0 radical (unpaired) electrons. The molecule has 0 heterocycles. The first-order valence-corrected chi connectivity index (χ1v) is 7.17. The minimum absolute atomic E-state index is 0.149. The Balaban J connectivity index is 2.65. The van der Waals surface area contributed by atoms with Gasteiger partial charge in [0.05, 0.1) is 0 Å². The molecule has 1 aromatic rings. The third-order valence-corrected chi connectivity index (χ3v) is 3.47. The zero-order valence-electron chi connectivity index (χ0n) is 11.7. The van der Waals surface area contributed by atoms with Crippen molar-refractivity contribution in [1.29, 1.82) is 0 Å². The predicted molar refractivity (Wildman–Crippen MR) is 81.6 cm³/mol. The second-order valence-electron chi connectivity index (χ2n) is 5.09. The molecule has 0 aromatic heterocycles. The van der Waals surface area contributed by atoms with Crippen LogP contribution in [-0.4, -0.2) is 19.6 Å². The predicted octanol–water partition coefficient (Wildman–Crippen LogP) is 3.86. The average molecular weight is 269 g/mol. The van der Waals surface area contributed by atoms with Gasteiger partial charge in [0.1, 0.15) is 0 Å². The molecule has 0 amide bonds. The molecule has 1 unspecified atom stereocenters. The number of hydrogen-bond donors (Lipinski definition) is 1. The van der Waals surface area contributed by atoms with Gasteiger partial charge in [-0.15, -0.1) is 0 Å². The Hall–Kier alpha value is -0.730. The summed E-state index contributed by atoms with van der Waals surface area (Å²) in [6.45, 7) is 5.30. The van der Waals surface area contributed by atoms with Crippen LogP contribution >= 0.6 is 11.6 Å². The topological polar surface area (TPSA) is 29.3 Å². The fourth-order valence-electron chi connectivity index (χ4n) is 2.01. The van der Waals surface area contributed by atoms with Crippen molar-refractivity contribution in [3.8, 4) is 0 Å². The Kier molecular flexibility index (Phi) is 6.51. The number of nitrogens with zero attached hydrogens (tertiary/aromatic N) is 1. The minimum atomic E-state index is 0.149. The number of benzene rings is 1. The van der Waals surface area contributed by atoms with Crippen LogP contribution in [0.1, 0.15) is 38.7 Å². The van der Waals surface area contributed by atoms with Gasteiger partial charge in [0, 0.05) is 30.3 Å². The molecule has 1 atom stereocenters. The molecule has 2 N–H and O–H groups in total. The summed E-state index contributed by atoms with van der Waals surface area (Å²) in [5.41, 5.74) is 8.12. The van der Waals surface area contributed by atoms with E-state index in [1.807, 2.05) is 13.0 Å². The van der Waals surface area contributed by atoms with Crippen molar-refractivity contribution >= 4 is 17.3 Å². The summed E-state index contributed by atoms with van der Waals surface area (Å²) in [6, 6.07) is 6.42. The molecule has 18 heavy (non-hydrogen) atoms. The average Bonchev–Trinajstić information content (AvgIpc) is 2.31. The van der Waals surface area contributed by atoms with E-state index in [1.165, 1.54) is 24.9 Å². The fourth-order valence-corrected chi connectivity index (χ4v) is 2.27. The van der Waals surface area contributed by atoms with Gasteiger partial charge in [-0.1, -0.05) is 37.4 Å². The summed E-state index contributed by atoms with van der Waals surface area (Å²) in [7, 11) is 2.12. The number of unbranched alkanes of at least 4 members (excludes halogenated alkanes) is 2. The number of halogens is 1. The van der Waals surface area contributed by atoms with E-state index < -0.39 is 0 Å². The molecule has 0 fully saturated rings. The third kappa shape index (κ3) is 4.87. The van der Waals surface area contributed by atoms with Crippen LogP contribution in [0, 0.1) is 0 Å². The van der Waals surface area contributed by atoms with E-state index in [1.54, 1.807) is 0 Å². The molecular weight excluding hydrogens is 244 g/mol. The van der Waals surface area contributed by atoms with Gasteiger partial charge in [-0.25, -0.2) is 0 Å². The molecule has 1 rings (SSSR count). The van der Waals surface area contributed by atoms with E-state index in [4.69, 9.17) is 17.3 Å². The molecule has 0 aliphatic carbocycles. The van der Waals surface area contributed by atoms with Crippen LogP contribution in [-0.2, 0) is 6.42 Å². The highest BCUT2D eigenvalue weighted by molar-refractivity contribution is 6.31. The van der Waals surface area contributed by atoms with E-state index in [9.17, 15) is 0 Å². The van der Waals surface area contributed by atoms with E-state index in [-0.39, 0.29) is 6.04 Å². The SMILES string of the molecule is CCCCCN(C)c1ccc(CC(C)N)c(Cl)c1. The Morgan fingerprint density at radius 3 is 2.61 bits per heavy atom. The van der Waals surface area contributed by atoms with Gasteiger partial charge in [0.25, 0.3) is 0 Å². The Bertz CT molecular complexity index is 364. The lowest BCUT2D eigenvalue weighted by Crippen LogP contribution is -2.19. The maximum atomic E-state index is 6.30. The smallest absolute Gasteiger partial charge is 0.0459 e. The van der Waals surface area contributed by atoms with Crippen LogP contribution < -0.4 is 10.6 Å². The number of rotatable bonds is 7. The van der Waals surface area contributed by atoms with Gasteiger partial charge in [0.2, 0.25) is 0 Å². The highest BCUT2D eigenvalue weighted by Crippen LogP contribution is 2.24. The highest BCUT2D eigenvalue weighted by atomic mass is 35.5. The van der Waals surface area contributed by atoms with Crippen LogP contribution in [0.3, 0.4) is 0 Å². The van der Waals surface area contributed by atoms with Crippen molar-refractivity contribution in [2.45, 2.75) is 45.6 Å². The van der Waals surface area contributed by atoms with Crippen molar-refractivity contribution in [2.24, 2.45) is 5.73 Å². The van der Waals surface area contributed by atoms with Crippen LogP contribution in [0.5, 0.6) is 0 Å². The quantitative estimate of drug-likeness (QED) is 0.761. The molecular formula is C15H25ClN2. The Morgan fingerprint density at radius 1 is 1.33 bits per heavy atom. The van der Waals surface area contributed by atoms with Gasteiger partial charge in [-0.05, 0) is 37.5 Å². The summed E-state index contributed by atoms with van der Waals surface area (Å²) in [4.78, 5) is 2.26. The van der Waals surface area contributed by atoms with Crippen molar-refractivity contribution in [3.63, 3.8) is 0 Å². The van der Waals surface area contributed by atoms with Gasteiger partial charge in [0.15, 0.2) is 0 Å². The molecule has 0 aliphatic rings. The normalized spacial score (nSPS) is 12.5. The van der Waals surface area contributed by atoms with Crippen LogP contribution in [0.25, 0.3) is 0 Å². The molecule has 1 aromatic carbocycles. The maximum Gasteiger partial charge on any atom is 0.0459 e. The van der Waals surface area contributed by atoms with Gasteiger partial charge in [-0.3, -0.25) is 0 Å². The summed E-state index contributed by atoms with van der Waals surface area (Å²) < 4.78 is 0. The first-order valence-electron chi connectivity index (χ1n) is 6.79.